The van der Waals surface area contributed by atoms with Crippen LogP contribution in [0, 0.1) is 5.92 Å². The van der Waals surface area contributed by atoms with E-state index >= 15 is 0 Å². The Hall–Kier alpha value is -1.69. The monoisotopic (exact) mass is 292 g/mol. The Balaban J connectivity index is 1.76. The third-order valence-corrected chi connectivity index (χ3v) is 3.18. The highest BCUT2D eigenvalue weighted by molar-refractivity contribution is 5.68. The van der Waals surface area contributed by atoms with E-state index in [1.807, 2.05) is 20.8 Å². The Bertz CT molecular complexity index is 454. The van der Waals surface area contributed by atoms with E-state index in [1.165, 1.54) is 0 Å². The molecule has 116 valence electrons. The van der Waals surface area contributed by atoms with Crippen molar-refractivity contribution >= 4 is 6.09 Å². The smallest absolute Gasteiger partial charge is 0.407 e. The molecule has 0 saturated heterocycles. The molecule has 0 radical (unpaired) electrons. The Kier molecular flexibility index (Phi) is 5.12. The molecule has 6 nitrogen and oxygen atoms in total. The normalized spacial score (nSPS) is 16.3. The average molecular weight is 292 g/mol. The summed E-state index contributed by atoms with van der Waals surface area (Å²) < 4.78 is 5.31. The van der Waals surface area contributed by atoms with Crippen molar-refractivity contribution in [1.82, 2.24) is 20.6 Å². The van der Waals surface area contributed by atoms with Crippen LogP contribution < -0.4 is 10.6 Å². The third kappa shape index (κ3) is 6.08. The maximum absolute atomic E-state index is 11.9. The van der Waals surface area contributed by atoms with Crippen molar-refractivity contribution in [3.05, 3.63) is 24.3 Å². The van der Waals surface area contributed by atoms with Crippen LogP contribution in [-0.2, 0) is 11.3 Å². The van der Waals surface area contributed by atoms with E-state index in [0.29, 0.717) is 19.0 Å². The molecule has 21 heavy (non-hydrogen) atoms. The van der Waals surface area contributed by atoms with Crippen molar-refractivity contribution in [2.24, 2.45) is 5.92 Å². The van der Waals surface area contributed by atoms with Crippen molar-refractivity contribution in [2.45, 2.75) is 51.8 Å². The Morgan fingerprint density at radius 3 is 2.76 bits per heavy atom. The summed E-state index contributed by atoms with van der Waals surface area (Å²) in [6.07, 6.45) is 7.04. The molecule has 1 amide bonds. The van der Waals surface area contributed by atoms with Gasteiger partial charge >= 0.3 is 6.09 Å². The fourth-order valence-electron chi connectivity index (χ4n) is 2.07. The molecule has 2 rings (SSSR count). The Morgan fingerprint density at radius 2 is 2.19 bits per heavy atom. The van der Waals surface area contributed by atoms with E-state index < -0.39 is 5.60 Å². The van der Waals surface area contributed by atoms with Gasteiger partial charge in [0.25, 0.3) is 0 Å². The number of rotatable bonds is 6. The molecular formula is C15H24N4O2. The molecule has 1 aromatic rings. The summed E-state index contributed by atoms with van der Waals surface area (Å²) in [5, 5.41) is 6.28. The van der Waals surface area contributed by atoms with Crippen LogP contribution in [0.4, 0.5) is 4.79 Å². The molecule has 0 aromatic carbocycles. The lowest BCUT2D eigenvalue weighted by molar-refractivity contribution is 0.0497. The molecule has 2 N–H and O–H groups in total. The van der Waals surface area contributed by atoms with Gasteiger partial charge in [0.1, 0.15) is 5.60 Å². The van der Waals surface area contributed by atoms with Crippen LogP contribution in [0.25, 0.3) is 0 Å². The quantitative estimate of drug-likeness (QED) is 0.837. The van der Waals surface area contributed by atoms with Gasteiger partial charge in [-0.25, -0.2) is 4.79 Å². The molecular weight excluding hydrogens is 268 g/mol. The number of carbonyl (C=O) groups excluding carboxylic acids is 1. The summed E-state index contributed by atoms with van der Waals surface area (Å²) in [5.41, 5.74) is 0.426. The third-order valence-electron chi connectivity index (χ3n) is 3.18. The highest BCUT2D eigenvalue weighted by Crippen LogP contribution is 2.32. The zero-order chi connectivity index (χ0) is 15.3. The lowest BCUT2D eigenvalue weighted by Crippen LogP contribution is -2.45. The summed E-state index contributed by atoms with van der Waals surface area (Å²) >= 11 is 0. The molecule has 1 atom stereocenters. The maximum Gasteiger partial charge on any atom is 0.407 e. The van der Waals surface area contributed by atoms with E-state index in [-0.39, 0.29) is 12.1 Å². The topological polar surface area (TPSA) is 76.1 Å². The molecule has 1 aliphatic rings. The van der Waals surface area contributed by atoms with Crippen LogP contribution in [0.1, 0.15) is 39.3 Å². The minimum absolute atomic E-state index is 0.108. The predicted octanol–water partition coefficient (Wildman–Crippen LogP) is 1.87. The first-order valence-electron chi connectivity index (χ1n) is 7.39. The van der Waals surface area contributed by atoms with Crippen molar-refractivity contribution < 1.29 is 9.53 Å². The van der Waals surface area contributed by atoms with Crippen LogP contribution in [0.5, 0.6) is 0 Å². The van der Waals surface area contributed by atoms with E-state index in [9.17, 15) is 4.79 Å². The maximum atomic E-state index is 11.9. The van der Waals surface area contributed by atoms with Gasteiger partial charge in [-0.3, -0.25) is 9.97 Å². The largest absolute Gasteiger partial charge is 0.444 e. The number of nitrogens with zero attached hydrogens (tertiary/aromatic N) is 2. The van der Waals surface area contributed by atoms with Crippen LogP contribution in [0.2, 0.25) is 0 Å². The van der Waals surface area contributed by atoms with E-state index in [1.54, 1.807) is 18.6 Å². The van der Waals surface area contributed by atoms with Crippen LogP contribution >= 0.6 is 0 Å². The van der Waals surface area contributed by atoms with Crippen LogP contribution in [-0.4, -0.2) is 34.2 Å². The molecule has 1 unspecified atom stereocenters. The van der Waals surface area contributed by atoms with E-state index in [4.69, 9.17) is 4.74 Å². The molecule has 1 fully saturated rings. The van der Waals surface area contributed by atoms with Gasteiger partial charge in [0.2, 0.25) is 0 Å². The summed E-state index contributed by atoms with van der Waals surface area (Å²) in [5.74, 6) is 0.548. The molecule has 6 heteroatoms. The summed E-state index contributed by atoms with van der Waals surface area (Å²) in [6.45, 7) is 6.95. The number of hydrogen-bond donors (Lipinski definition) is 2. The number of ether oxygens (including phenoxy) is 1. The second-order valence-corrected chi connectivity index (χ2v) is 6.42. The highest BCUT2D eigenvalue weighted by Gasteiger charge is 2.33. The molecule has 1 aromatic heterocycles. The number of alkyl carbamates (subject to hydrolysis) is 1. The van der Waals surface area contributed by atoms with Gasteiger partial charge < -0.3 is 15.4 Å². The first-order valence-corrected chi connectivity index (χ1v) is 7.39. The average Bonchev–Trinajstić information content (AvgIpc) is 3.21. The van der Waals surface area contributed by atoms with Crippen molar-refractivity contribution in [3.8, 4) is 0 Å². The molecule has 0 aliphatic heterocycles. The molecule has 0 bridgehead atoms. The van der Waals surface area contributed by atoms with Crippen molar-refractivity contribution in [3.63, 3.8) is 0 Å². The number of amides is 1. The summed E-state index contributed by atoms with van der Waals surface area (Å²) in [6, 6.07) is 0.108. The fourth-order valence-corrected chi connectivity index (χ4v) is 2.07. The number of carbonyl (C=O) groups is 1. The van der Waals surface area contributed by atoms with Crippen LogP contribution in [0.3, 0.4) is 0 Å². The second-order valence-electron chi connectivity index (χ2n) is 6.42. The lowest BCUT2D eigenvalue weighted by atomic mass is 10.2. The van der Waals surface area contributed by atoms with Crippen LogP contribution in [0.15, 0.2) is 18.6 Å². The standard InChI is InChI=1S/C15H24N4O2/c1-15(2,3)21-14(20)19-13(11-4-5-11)10-17-9-12-8-16-6-7-18-12/h6-8,11,13,17H,4-5,9-10H2,1-3H3,(H,19,20). The van der Waals surface area contributed by atoms with Gasteiger partial charge in [-0.05, 0) is 39.5 Å². The first-order chi connectivity index (χ1) is 9.94. The zero-order valence-corrected chi connectivity index (χ0v) is 12.9. The predicted molar refractivity (Wildman–Crippen MR) is 79.6 cm³/mol. The summed E-state index contributed by atoms with van der Waals surface area (Å²) in [4.78, 5) is 20.1. The lowest BCUT2D eigenvalue weighted by Gasteiger charge is -2.23. The van der Waals surface area contributed by atoms with Crippen molar-refractivity contribution in [1.29, 1.82) is 0 Å². The van der Waals surface area contributed by atoms with Gasteiger partial charge in [0, 0.05) is 37.7 Å². The van der Waals surface area contributed by atoms with Crippen molar-refractivity contribution in [2.75, 3.05) is 6.54 Å². The molecule has 1 aliphatic carbocycles. The first kappa shape index (κ1) is 15.7. The minimum atomic E-state index is -0.467. The van der Waals surface area contributed by atoms with Gasteiger partial charge in [0.15, 0.2) is 0 Å². The van der Waals surface area contributed by atoms with E-state index in [0.717, 1.165) is 18.5 Å². The van der Waals surface area contributed by atoms with E-state index in [2.05, 4.69) is 20.6 Å². The molecule has 0 spiro atoms. The second kappa shape index (κ2) is 6.85. The Morgan fingerprint density at radius 1 is 1.43 bits per heavy atom. The fraction of sp³-hybridized carbons (Fsp3) is 0.667. The number of nitrogens with one attached hydrogen (secondary N) is 2. The Labute approximate surface area is 125 Å². The number of aromatic nitrogens is 2. The highest BCUT2D eigenvalue weighted by atomic mass is 16.6. The summed E-state index contributed by atoms with van der Waals surface area (Å²) in [7, 11) is 0. The van der Waals surface area contributed by atoms with Gasteiger partial charge in [-0.2, -0.15) is 0 Å². The molecule has 1 heterocycles. The van der Waals surface area contributed by atoms with Gasteiger partial charge in [0.05, 0.1) is 5.69 Å². The minimum Gasteiger partial charge on any atom is -0.444 e. The zero-order valence-electron chi connectivity index (χ0n) is 12.9. The SMILES string of the molecule is CC(C)(C)OC(=O)NC(CNCc1cnccn1)C1CC1. The number of hydrogen-bond acceptors (Lipinski definition) is 5. The van der Waals surface area contributed by atoms with Gasteiger partial charge in [-0.1, -0.05) is 0 Å². The molecule has 1 saturated carbocycles. The van der Waals surface area contributed by atoms with Gasteiger partial charge in [-0.15, -0.1) is 0 Å².